The minimum atomic E-state index is 0.857. The summed E-state index contributed by atoms with van der Waals surface area (Å²) in [5.74, 6) is 0.860. The Balaban J connectivity index is 1.39. The summed E-state index contributed by atoms with van der Waals surface area (Å²) < 4.78 is 8.60. The lowest BCUT2D eigenvalue weighted by molar-refractivity contribution is 0.616. The van der Waals surface area contributed by atoms with E-state index in [1.165, 1.54) is 16.7 Å². The van der Waals surface area contributed by atoms with Crippen LogP contribution in [0, 0.1) is 6.92 Å². The first-order valence-electron chi connectivity index (χ1n) is 15.0. The molecule has 0 saturated carbocycles. The molecular formula is C41H30N2O. The van der Waals surface area contributed by atoms with Crippen LogP contribution in [0.3, 0.4) is 0 Å². The zero-order valence-electron chi connectivity index (χ0n) is 24.4. The fraction of sp³-hybridized carbons (Fsp3) is 0.0488. The van der Waals surface area contributed by atoms with Crippen molar-refractivity contribution < 1.29 is 4.42 Å². The van der Waals surface area contributed by atoms with Crippen LogP contribution in [0.5, 0.6) is 0 Å². The van der Waals surface area contributed by atoms with Gasteiger partial charge in [0.05, 0.1) is 22.3 Å². The Morgan fingerprint density at radius 1 is 0.591 bits per heavy atom. The van der Waals surface area contributed by atoms with Crippen LogP contribution >= 0.6 is 0 Å². The van der Waals surface area contributed by atoms with Crippen molar-refractivity contribution in [2.75, 3.05) is 0 Å². The number of hydrogen-bond donors (Lipinski definition) is 0. The third-order valence-corrected chi connectivity index (χ3v) is 8.34. The average Bonchev–Trinajstić information content (AvgIpc) is 3.67. The lowest BCUT2D eigenvalue weighted by Crippen LogP contribution is -2.03. The molecule has 0 aliphatic heterocycles. The summed E-state index contributed by atoms with van der Waals surface area (Å²) in [6, 6.07) is 51.4. The van der Waals surface area contributed by atoms with E-state index in [-0.39, 0.29) is 0 Å². The maximum absolute atomic E-state index is 6.26. The van der Waals surface area contributed by atoms with Crippen molar-refractivity contribution in [2.45, 2.75) is 13.3 Å². The summed E-state index contributed by atoms with van der Waals surface area (Å²) in [7, 11) is 0. The SMILES string of the molecule is Cc1cc(-c2ccccc2)c(-n2c(-c3coc4cc(Cc5ccccc5)ccc34)nc3ccccc32)c(-c2ccccc2)c1. The molecule has 3 nitrogen and oxygen atoms in total. The molecule has 0 bridgehead atoms. The highest BCUT2D eigenvalue weighted by atomic mass is 16.3. The standard InChI is InChI=1S/C41H30N2O/c1-28-23-34(31-15-7-3-8-16-31)40(35(24-28)32-17-9-4-10-18-32)43-38-20-12-11-19-37(38)42-41(43)36-27-44-39-26-30(21-22-33(36)39)25-29-13-5-2-6-14-29/h2-24,26-27H,25H2,1H3. The zero-order chi connectivity index (χ0) is 29.5. The number of furan rings is 1. The summed E-state index contributed by atoms with van der Waals surface area (Å²) in [5, 5.41) is 1.05. The lowest BCUT2D eigenvalue weighted by atomic mass is 9.93. The van der Waals surface area contributed by atoms with Crippen molar-refractivity contribution in [3.05, 3.63) is 169 Å². The molecule has 0 spiro atoms. The first-order valence-corrected chi connectivity index (χ1v) is 15.0. The Morgan fingerprint density at radius 3 is 1.89 bits per heavy atom. The normalized spacial score (nSPS) is 11.4. The number of nitrogens with zero attached hydrogens (tertiary/aromatic N) is 2. The predicted molar refractivity (Wildman–Crippen MR) is 181 cm³/mol. The maximum Gasteiger partial charge on any atom is 0.149 e. The van der Waals surface area contributed by atoms with E-state index >= 15 is 0 Å². The highest BCUT2D eigenvalue weighted by Crippen LogP contribution is 2.42. The second kappa shape index (κ2) is 10.9. The number of fused-ring (bicyclic) bond motifs is 2. The van der Waals surface area contributed by atoms with Gasteiger partial charge in [0.1, 0.15) is 17.7 Å². The molecule has 0 saturated heterocycles. The smallest absolute Gasteiger partial charge is 0.149 e. The van der Waals surface area contributed by atoms with Gasteiger partial charge >= 0.3 is 0 Å². The van der Waals surface area contributed by atoms with Crippen molar-refractivity contribution in [1.29, 1.82) is 0 Å². The van der Waals surface area contributed by atoms with E-state index in [1.54, 1.807) is 0 Å². The number of aromatic nitrogens is 2. The van der Waals surface area contributed by atoms with Crippen molar-refractivity contribution in [3.8, 4) is 39.3 Å². The van der Waals surface area contributed by atoms with Crippen molar-refractivity contribution in [1.82, 2.24) is 9.55 Å². The van der Waals surface area contributed by atoms with Crippen LogP contribution in [0.2, 0.25) is 0 Å². The van der Waals surface area contributed by atoms with Crippen LogP contribution in [0.1, 0.15) is 16.7 Å². The second-order valence-electron chi connectivity index (χ2n) is 11.3. The van der Waals surface area contributed by atoms with Gasteiger partial charge in [-0.3, -0.25) is 4.57 Å². The van der Waals surface area contributed by atoms with Gasteiger partial charge < -0.3 is 4.42 Å². The Labute approximate surface area is 256 Å². The zero-order valence-corrected chi connectivity index (χ0v) is 24.4. The van der Waals surface area contributed by atoms with E-state index in [0.29, 0.717) is 0 Å². The third-order valence-electron chi connectivity index (χ3n) is 8.34. The van der Waals surface area contributed by atoms with Gasteiger partial charge in [-0.15, -0.1) is 0 Å². The highest BCUT2D eigenvalue weighted by molar-refractivity contribution is 5.98. The molecule has 0 fully saturated rings. The molecule has 44 heavy (non-hydrogen) atoms. The fourth-order valence-corrected chi connectivity index (χ4v) is 6.32. The Bertz CT molecular complexity index is 2180. The minimum absolute atomic E-state index is 0.857. The van der Waals surface area contributed by atoms with E-state index in [9.17, 15) is 0 Å². The van der Waals surface area contributed by atoms with Crippen LogP contribution in [-0.4, -0.2) is 9.55 Å². The van der Waals surface area contributed by atoms with Crippen molar-refractivity contribution in [3.63, 3.8) is 0 Å². The fourth-order valence-electron chi connectivity index (χ4n) is 6.32. The first kappa shape index (κ1) is 26.0. The van der Waals surface area contributed by atoms with Gasteiger partial charge in [0.15, 0.2) is 0 Å². The Kier molecular flexibility index (Phi) is 6.42. The van der Waals surface area contributed by atoms with Crippen LogP contribution in [0.25, 0.3) is 61.3 Å². The van der Waals surface area contributed by atoms with Crippen molar-refractivity contribution in [2.24, 2.45) is 0 Å². The van der Waals surface area contributed by atoms with Gasteiger partial charge in [0.25, 0.3) is 0 Å². The topological polar surface area (TPSA) is 31.0 Å². The molecule has 0 atom stereocenters. The van der Waals surface area contributed by atoms with Crippen molar-refractivity contribution >= 4 is 22.0 Å². The molecule has 0 aliphatic carbocycles. The third kappa shape index (κ3) is 4.60. The van der Waals surface area contributed by atoms with Gasteiger partial charge in [-0.1, -0.05) is 115 Å². The molecule has 0 amide bonds. The van der Waals surface area contributed by atoms with Crippen LogP contribution < -0.4 is 0 Å². The van der Waals surface area contributed by atoms with E-state index in [0.717, 1.165) is 67.8 Å². The van der Waals surface area contributed by atoms with E-state index < -0.39 is 0 Å². The largest absolute Gasteiger partial charge is 0.464 e. The van der Waals surface area contributed by atoms with Gasteiger partial charge in [-0.05, 0) is 71.5 Å². The predicted octanol–water partition coefficient (Wildman–Crippen LogP) is 10.7. The molecule has 2 heterocycles. The average molecular weight is 567 g/mol. The van der Waals surface area contributed by atoms with Gasteiger partial charge in [-0.2, -0.15) is 0 Å². The molecule has 3 heteroatoms. The van der Waals surface area contributed by atoms with Gasteiger partial charge in [0, 0.05) is 16.5 Å². The van der Waals surface area contributed by atoms with Crippen LogP contribution in [0.4, 0.5) is 0 Å². The number of rotatable bonds is 6. The monoisotopic (exact) mass is 566 g/mol. The molecule has 6 aromatic carbocycles. The Morgan fingerprint density at radius 2 is 1.20 bits per heavy atom. The number of aryl methyl sites for hydroxylation is 1. The number of imidazole rings is 1. The quantitative estimate of drug-likeness (QED) is 0.200. The van der Waals surface area contributed by atoms with E-state index in [1.807, 2.05) is 6.26 Å². The van der Waals surface area contributed by atoms with E-state index in [2.05, 4.69) is 157 Å². The number of para-hydroxylation sites is 2. The number of hydrogen-bond acceptors (Lipinski definition) is 2. The molecule has 0 radical (unpaired) electrons. The van der Waals surface area contributed by atoms with Crippen LogP contribution in [-0.2, 0) is 6.42 Å². The first-order chi connectivity index (χ1) is 21.7. The second-order valence-corrected chi connectivity index (χ2v) is 11.3. The molecule has 2 aromatic heterocycles. The molecule has 0 unspecified atom stereocenters. The lowest BCUT2D eigenvalue weighted by Gasteiger charge is -2.20. The Hall–Kier alpha value is -5.67. The molecule has 8 aromatic rings. The molecule has 210 valence electrons. The minimum Gasteiger partial charge on any atom is -0.464 e. The highest BCUT2D eigenvalue weighted by Gasteiger charge is 2.24. The van der Waals surface area contributed by atoms with Gasteiger partial charge in [-0.25, -0.2) is 4.98 Å². The van der Waals surface area contributed by atoms with E-state index in [4.69, 9.17) is 9.40 Å². The summed E-state index contributed by atoms with van der Waals surface area (Å²) >= 11 is 0. The van der Waals surface area contributed by atoms with Gasteiger partial charge in [0.2, 0.25) is 0 Å². The molecular weight excluding hydrogens is 536 g/mol. The molecule has 0 aliphatic rings. The number of benzene rings is 6. The maximum atomic E-state index is 6.26. The summed E-state index contributed by atoms with van der Waals surface area (Å²) in [5.41, 5.74) is 13.3. The summed E-state index contributed by atoms with van der Waals surface area (Å²) in [6.45, 7) is 2.17. The summed E-state index contributed by atoms with van der Waals surface area (Å²) in [6.07, 6.45) is 2.73. The summed E-state index contributed by atoms with van der Waals surface area (Å²) in [4.78, 5) is 5.27. The molecule has 8 rings (SSSR count). The molecule has 0 N–H and O–H groups in total. The van der Waals surface area contributed by atoms with Crippen LogP contribution in [0.15, 0.2) is 156 Å².